The van der Waals surface area contributed by atoms with E-state index in [1.807, 2.05) is 17.5 Å². The van der Waals surface area contributed by atoms with E-state index in [-0.39, 0.29) is 18.3 Å². The van der Waals surface area contributed by atoms with Gasteiger partial charge < -0.3 is 15.4 Å². The van der Waals surface area contributed by atoms with Crippen molar-refractivity contribution in [2.75, 3.05) is 13.2 Å². The molecule has 0 bridgehead atoms. The van der Waals surface area contributed by atoms with Crippen LogP contribution in [-0.2, 0) is 13.0 Å². The summed E-state index contributed by atoms with van der Waals surface area (Å²) in [6.07, 6.45) is 0.808. The minimum absolute atomic E-state index is 0.228. The number of amides is 2. The SMILES string of the molecule is CCOc1ccc(CNC(=O)NCCc2cccs2)cc1F. The number of hydrogen-bond acceptors (Lipinski definition) is 3. The minimum Gasteiger partial charge on any atom is -0.491 e. The van der Waals surface area contributed by atoms with Crippen LogP contribution in [0, 0.1) is 5.82 Å². The maximum Gasteiger partial charge on any atom is 0.315 e. The highest BCUT2D eigenvalue weighted by Crippen LogP contribution is 2.18. The molecule has 6 heteroatoms. The van der Waals surface area contributed by atoms with Crippen molar-refractivity contribution in [2.45, 2.75) is 19.9 Å². The zero-order valence-corrected chi connectivity index (χ0v) is 13.2. The molecular weight excluding hydrogens is 303 g/mol. The van der Waals surface area contributed by atoms with Crippen molar-refractivity contribution in [3.8, 4) is 5.75 Å². The van der Waals surface area contributed by atoms with Gasteiger partial charge in [-0.1, -0.05) is 12.1 Å². The lowest BCUT2D eigenvalue weighted by Gasteiger charge is -2.09. The predicted molar refractivity (Wildman–Crippen MR) is 85.8 cm³/mol. The molecule has 2 aromatic rings. The van der Waals surface area contributed by atoms with E-state index in [1.165, 1.54) is 10.9 Å². The molecule has 1 aromatic heterocycles. The predicted octanol–water partition coefficient (Wildman–Crippen LogP) is 3.33. The Kier molecular flexibility index (Phi) is 6.21. The van der Waals surface area contributed by atoms with Gasteiger partial charge in [-0.25, -0.2) is 9.18 Å². The Balaban J connectivity index is 1.72. The van der Waals surface area contributed by atoms with Crippen molar-refractivity contribution in [1.29, 1.82) is 0 Å². The second-order valence-electron chi connectivity index (χ2n) is 4.64. The molecule has 0 atom stereocenters. The van der Waals surface area contributed by atoms with Gasteiger partial charge in [0.2, 0.25) is 0 Å². The number of carbonyl (C=O) groups excluding carboxylic acids is 1. The molecular formula is C16H19FN2O2S. The number of benzene rings is 1. The van der Waals surface area contributed by atoms with Crippen LogP contribution in [0.4, 0.5) is 9.18 Å². The fraction of sp³-hybridized carbons (Fsp3) is 0.312. The minimum atomic E-state index is -0.417. The fourth-order valence-electron chi connectivity index (χ4n) is 1.93. The van der Waals surface area contributed by atoms with Gasteiger partial charge in [-0.2, -0.15) is 0 Å². The van der Waals surface area contributed by atoms with Crippen LogP contribution in [0.25, 0.3) is 0 Å². The molecule has 0 aliphatic heterocycles. The molecule has 0 spiro atoms. The molecule has 0 aliphatic rings. The molecule has 0 radical (unpaired) electrons. The Morgan fingerprint density at radius 2 is 2.18 bits per heavy atom. The second kappa shape index (κ2) is 8.38. The summed E-state index contributed by atoms with van der Waals surface area (Å²) in [6.45, 7) is 3.06. The summed E-state index contributed by atoms with van der Waals surface area (Å²) in [6, 6.07) is 8.44. The fourth-order valence-corrected chi connectivity index (χ4v) is 2.63. The number of hydrogen-bond donors (Lipinski definition) is 2. The van der Waals surface area contributed by atoms with Gasteiger partial charge in [-0.3, -0.25) is 0 Å². The summed E-state index contributed by atoms with van der Waals surface area (Å²) in [4.78, 5) is 12.9. The molecule has 0 fully saturated rings. The van der Waals surface area contributed by atoms with Crippen molar-refractivity contribution < 1.29 is 13.9 Å². The molecule has 2 amide bonds. The maximum absolute atomic E-state index is 13.7. The number of halogens is 1. The van der Waals surface area contributed by atoms with Crippen LogP contribution in [0.2, 0.25) is 0 Å². The summed E-state index contributed by atoms with van der Waals surface area (Å²) in [5.74, 6) is -0.189. The topological polar surface area (TPSA) is 50.4 Å². The first kappa shape index (κ1) is 16.3. The number of urea groups is 1. The molecule has 1 aromatic carbocycles. The Morgan fingerprint density at radius 1 is 1.32 bits per heavy atom. The molecule has 0 aliphatic carbocycles. The van der Waals surface area contributed by atoms with Crippen LogP contribution >= 0.6 is 11.3 Å². The van der Waals surface area contributed by atoms with Gasteiger partial charge in [0.25, 0.3) is 0 Å². The molecule has 0 unspecified atom stereocenters. The van der Waals surface area contributed by atoms with Crippen LogP contribution in [0.5, 0.6) is 5.75 Å². The van der Waals surface area contributed by atoms with Crippen molar-refractivity contribution in [2.24, 2.45) is 0 Å². The van der Waals surface area contributed by atoms with E-state index in [0.717, 1.165) is 6.42 Å². The second-order valence-corrected chi connectivity index (χ2v) is 5.67. The first-order valence-electron chi connectivity index (χ1n) is 7.14. The lowest BCUT2D eigenvalue weighted by atomic mass is 10.2. The number of carbonyl (C=O) groups is 1. The zero-order valence-electron chi connectivity index (χ0n) is 12.4. The Labute approximate surface area is 133 Å². The van der Waals surface area contributed by atoms with Gasteiger partial charge in [0, 0.05) is 18.0 Å². The van der Waals surface area contributed by atoms with Crippen molar-refractivity contribution in [3.63, 3.8) is 0 Å². The Hall–Kier alpha value is -2.08. The van der Waals surface area contributed by atoms with Gasteiger partial charge >= 0.3 is 6.03 Å². The first-order valence-corrected chi connectivity index (χ1v) is 8.02. The Bertz CT molecular complexity index is 602. The van der Waals surface area contributed by atoms with E-state index < -0.39 is 5.82 Å². The van der Waals surface area contributed by atoms with E-state index in [9.17, 15) is 9.18 Å². The summed E-state index contributed by atoms with van der Waals surface area (Å²) in [7, 11) is 0. The maximum atomic E-state index is 13.7. The van der Waals surface area contributed by atoms with Crippen LogP contribution in [-0.4, -0.2) is 19.2 Å². The number of nitrogens with one attached hydrogen (secondary N) is 2. The van der Waals surface area contributed by atoms with Crippen molar-refractivity contribution in [1.82, 2.24) is 10.6 Å². The highest BCUT2D eigenvalue weighted by molar-refractivity contribution is 7.09. The third-order valence-electron chi connectivity index (χ3n) is 2.99. The summed E-state index contributed by atoms with van der Waals surface area (Å²) in [5.41, 5.74) is 0.689. The van der Waals surface area contributed by atoms with E-state index in [1.54, 1.807) is 30.4 Å². The molecule has 4 nitrogen and oxygen atoms in total. The Morgan fingerprint density at radius 3 is 2.86 bits per heavy atom. The molecule has 0 saturated heterocycles. The average molecular weight is 322 g/mol. The van der Waals surface area contributed by atoms with Gasteiger partial charge in [0.05, 0.1) is 6.61 Å². The first-order chi connectivity index (χ1) is 10.7. The summed E-state index contributed by atoms with van der Waals surface area (Å²) < 4.78 is 18.8. The molecule has 0 saturated carbocycles. The van der Waals surface area contributed by atoms with Crippen LogP contribution < -0.4 is 15.4 Å². The highest BCUT2D eigenvalue weighted by Gasteiger charge is 2.05. The number of rotatable bonds is 7. The smallest absolute Gasteiger partial charge is 0.315 e. The lowest BCUT2D eigenvalue weighted by molar-refractivity contribution is 0.240. The van der Waals surface area contributed by atoms with Crippen LogP contribution in [0.3, 0.4) is 0 Å². The standard InChI is InChI=1S/C16H19FN2O2S/c1-2-21-15-6-5-12(10-14(15)17)11-19-16(20)18-8-7-13-4-3-9-22-13/h3-6,9-10H,2,7-8,11H2,1H3,(H2,18,19,20). The van der Waals surface area contributed by atoms with E-state index in [4.69, 9.17) is 4.74 Å². The molecule has 2 rings (SSSR count). The van der Waals surface area contributed by atoms with Crippen molar-refractivity contribution in [3.05, 3.63) is 52.0 Å². The quantitative estimate of drug-likeness (QED) is 0.821. The largest absolute Gasteiger partial charge is 0.491 e. The zero-order chi connectivity index (χ0) is 15.8. The van der Waals surface area contributed by atoms with Crippen LogP contribution in [0.1, 0.15) is 17.4 Å². The lowest BCUT2D eigenvalue weighted by Crippen LogP contribution is -2.36. The van der Waals surface area contributed by atoms with E-state index in [2.05, 4.69) is 10.6 Å². The van der Waals surface area contributed by atoms with Crippen molar-refractivity contribution >= 4 is 17.4 Å². The summed E-state index contributed by atoms with van der Waals surface area (Å²) >= 11 is 1.67. The molecule has 22 heavy (non-hydrogen) atoms. The number of thiophene rings is 1. The molecule has 118 valence electrons. The number of ether oxygens (including phenoxy) is 1. The van der Waals surface area contributed by atoms with Gasteiger partial charge in [-0.05, 0) is 42.5 Å². The van der Waals surface area contributed by atoms with Gasteiger partial charge in [0.1, 0.15) is 0 Å². The monoisotopic (exact) mass is 322 g/mol. The molecule has 2 N–H and O–H groups in total. The van der Waals surface area contributed by atoms with Gasteiger partial charge in [0.15, 0.2) is 11.6 Å². The third-order valence-corrected chi connectivity index (χ3v) is 3.92. The summed E-state index contributed by atoms with van der Waals surface area (Å²) in [5, 5.41) is 7.49. The normalized spacial score (nSPS) is 10.3. The van der Waals surface area contributed by atoms with E-state index in [0.29, 0.717) is 18.7 Å². The molecule has 1 heterocycles. The van der Waals surface area contributed by atoms with Gasteiger partial charge in [-0.15, -0.1) is 11.3 Å². The highest BCUT2D eigenvalue weighted by atomic mass is 32.1. The van der Waals surface area contributed by atoms with E-state index >= 15 is 0 Å². The third kappa shape index (κ3) is 5.04. The average Bonchev–Trinajstić information content (AvgIpc) is 3.01. The van der Waals surface area contributed by atoms with Crippen LogP contribution in [0.15, 0.2) is 35.7 Å².